The lowest BCUT2D eigenvalue weighted by molar-refractivity contribution is -0.384. The van der Waals surface area contributed by atoms with E-state index in [1.807, 2.05) is 60.7 Å². The number of nitro groups is 1. The van der Waals surface area contributed by atoms with Gasteiger partial charge in [0.2, 0.25) is 0 Å². The van der Waals surface area contributed by atoms with Crippen LogP contribution in [0.2, 0.25) is 5.02 Å². The van der Waals surface area contributed by atoms with Gasteiger partial charge in [-0.2, -0.15) is 0 Å². The minimum absolute atomic E-state index is 0.0660. The zero-order valence-electron chi connectivity index (χ0n) is 17.4. The van der Waals surface area contributed by atoms with E-state index in [9.17, 15) is 19.7 Å². The molecule has 0 unspecified atom stereocenters. The third-order valence-electron chi connectivity index (χ3n) is 4.58. The van der Waals surface area contributed by atoms with Gasteiger partial charge in [-0.05, 0) is 24.3 Å². The average Bonchev–Trinajstić information content (AvgIpc) is 3.30. The second kappa shape index (κ2) is 9.92. The van der Waals surface area contributed by atoms with Gasteiger partial charge in [-0.15, -0.1) is 5.10 Å². The fourth-order valence-electron chi connectivity index (χ4n) is 3.04. The first-order chi connectivity index (χ1) is 16.4. The molecule has 0 aliphatic rings. The van der Waals surface area contributed by atoms with Crippen LogP contribution < -0.4 is 5.32 Å². The average molecular weight is 478 g/mol. The molecule has 1 heterocycles. The highest BCUT2D eigenvalue weighted by molar-refractivity contribution is 6.32. The number of hydrogen-bond donors (Lipinski definition) is 1. The number of esters is 1. The number of ether oxygens (including phenoxy) is 1. The second-order valence-corrected chi connectivity index (χ2v) is 7.33. The number of carbonyl (C=O) groups is 2. The number of nitrogens with zero attached hydrogens (tertiary/aromatic N) is 4. The molecule has 10 nitrogen and oxygen atoms in total. The van der Waals surface area contributed by atoms with Crippen molar-refractivity contribution in [1.29, 1.82) is 0 Å². The Morgan fingerprint density at radius 1 is 1.03 bits per heavy atom. The van der Waals surface area contributed by atoms with Gasteiger partial charge >= 0.3 is 5.97 Å². The van der Waals surface area contributed by atoms with Crippen molar-refractivity contribution < 1.29 is 19.2 Å². The van der Waals surface area contributed by atoms with Gasteiger partial charge in [-0.25, -0.2) is 14.5 Å². The second-order valence-electron chi connectivity index (χ2n) is 6.92. The van der Waals surface area contributed by atoms with Crippen LogP contribution >= 0.6 is 11.6 Å². The van der Waals surface area contributed by atoms with Crippen molar-refractivity contribution in [1.82, 2.24) is 14.8 Å². The number of carbonyl (C=O) groups excluding carboxylic acids is 2. The normalized spacial score (nSPS) is 10.5. The van der Waals surface area contributed by atoms with Crippen LogP contribution in [0, 0.1) is 10.1 Å². The van der Waals surface area contributed by atoms with Gasteiger partial charge in [0.1, 0.15) is 5.02 Å². The lowest BCUT2D eigenvalue weighted by atomic mass is 10.2. The molecule has 3 aromatic carbocycles. The van der Waals surface area contributed by atoms with Crippen molar-refractivity contribution in [2.45, 2.75) is 0 Å². The van der Waals surface area contributed by atoms with E-state index in [4.69, 9.17) is 16.3 Å². The smallest absolute Gasteiger partial charge is 0.378 e. The summed E-state index contributed by atoms with van der Waals surface area (Å²) < 4.78 is 6.57. The molecule has 34 heavy (non-hydrogen) atoms. The fraction of sp³-hybridized carbons (Fsp3) is 0.0435. The number of amides is 1. The Morgan fingerprint density at radius 2 is 1.71 bits per heavy atom. The summed E-state index contributed by atoms with van der Waals surface area (Å²) >= 11 is 5.76. The number of hydrogen-bond acceptors (Lipinski definition) is 7. The van der Waals surface area contributed by atoms with Gasteiger partial charge in [-0.3, -0.25) is 14.9 Å². The van der Waals surface area contributed by atoms with E-state index in [2.05, 4.69) is 15.4 Å². The van der Waals surface area contributed by atoms with E-state index in [-0.39, 0.29) is 22.2 Å². The van der Waals surface area contributed by atoms with E-state index < -0.39 is 23.4 Å². The largest absolute Gasteiger partial charge is 0.450 e. The molecule has 0 radical (unpaired) electrons. The maximum Gasteiger partial charge on any atom is 0.378 e. The highest BCUT2D eigenvalue weighted by atomic mass is 35.5. The Kier molecular flexibility index (Phi) is 6.60. The van der Waals surface area contributed by atoms with Crippen LogP contribution in [-0.4, -0.2) is 38.2 Å². The first-order valence-electron chi connectivity index (χ1n) is 9.91. The van der Waals surface area contributed by atoms with Crippen LogP contribution in [0.4, 0.5) is 11.4 Å². The van der Waals surface area contributed by atoms with Crippen LogP contribution in [0.15, 0.2) is 78.9 Å². The lowest BCUT2D eigenvalue weighted by Gasteiger charge is -2.06. The molecule has 170 valence electrons. The minimum Gasteiger partial charge on any atom is -0.450 e. The molecule has 11 heteroatoms. The maximum atomic E-state index is 12.6. The molecular formula is C23H16ClN5O5. The zero-order valence-corrected chi connectivity index (χ0v) is 18.2. The van der Waals surface area contributed by atoms with E-state index in [0.717, 1.165) is 11.6 Å². The summed E-state index contributed by atoms with van der Waals surface area (Å²) in [6, 6.07) is 22.1. The number of para-hydroxylation sites is 1. The van der Waals surface area contributed by atoms with E-state index >= 15 is 0 Å². The number of halogens is 1. The molecule has 0 atom stereocenters. The van der Waals surface area contributed by atoms with Crippen LogP contribution in [0.3, 0.4) is 0 Å². The SMILES string of the molecule is O=C(COC(=O)c1nc(-c2ccccc2)n(-c2ccccc2)n1)Nc1ccc(Cl)c([N+](=O)[O-])c1. The summed E-state index contributed by atoms with van der Waals surface area (Å²) in [5, 5.41) is 17.6. The molecule has 0 saturated carbocycles. The third-order valence-corrected chi connectivity index (χ3v) is 4.90. The topological polar surface area (TPSA) is 129 Å². The molecule has 1 amide bonds. The first-order valence-corrected chi connectivity index (χ1v) is 10.3. The summed E-state index contributed by atoms with van der Waals surface area (Å²) in [4.78, 5) is 39.4. The first kappa shape index (κ1) is 22.6. The number of anilines is 1. The molecule has 1 N–H and O–H groups in total. The van der Waals surface area contributed by atoms with E-state index in [0.29, 0.717) is 11.5 Å². The van der Waals surface area contributed by atoms with Crippen LogP contribution in [-0.2, 0) is 9.53 Å². The number of aromatic nitrogens is 3. The molecule has 0 spiro atoms. The zero-order chi connectivity index (χ0) is 24.1. The number of rotatable bonds is 7. The van der Waals surface area contributed by atoms with E-state index in [1.54, 1.807) is 0 Å². The Hall–Kier alpha value is -4.57. The summed E-state index contributed by atoms with van der Waals surface area (Å²) in [5.41, 5.74) is 1.20. The highest BCUT2D eigenvalue weighted by Gasteiger charge is 2.21. The Bertz CT molecular complexity index is 1300. The summed E-state index contributed by atoms with van der Waals surface area (Å²) in [5.74, 6) is -1.39. The highest BCUT2D eigenvalue weighted by Crippen LogP contribution is 2.27. The van der Waals surface area contributed by atoms with Crippen molar-refractivity contribution in [3.05, 3.63) is 99.8 Å². The third kappa shape index (κ3) is 5.08. The number of nitrogens with one attached hydrogen (secondary N) is 1. The Balaban J connectivity index is 1.49. The van der Waals surface area contributed by atoms with Crippen LogP contribution in [0.1, 0.15) is 10.6 Å². The van der Waals surface area contributed by atoms with Gasteiger partial charge in [0.25, 0.3) is 17.4 Å². The molecule has 0 aliphatic carbocycles. The molecule has 0 aliphatic heterocycles. The van der Waals surface area contributed by atoms with Crippen LogP contribution in [0.25, 0.3) is 17.1 Å². The number of benzene rings is 3. The minimum atomic E-state index is -0.899. The molecule has 4 rings (SSSR count). The maximum absolute atomic E-state index is 12.6. The summed E-state index contributed by atoms with van der Waals surface area (Å²) in [6.07, 6.45) is 0. The lowest BCUT2D eigenvalue weighted by Crippen LogP contribution is -2.21. The van der Waals surface area contributed by atoms with Gasteiger partial charge in [0.15, 0.2) is 12.4 Å². The standard InChI is InChI=1S/C23H16ClN5O5/c24-18-12-11-16(13-19(18)29(32)33)25-20(30)14-34-23(31)21-26-22(15-7-3-1-4-8-15)28(27-21)17-9-5-2-6-10-17/h1-13H,14H2,(H,25,30). The molecule has 0 saturated heterocycles. The number of nitro benzene ring substituents is 1. The molecule has 0 bridgehead atoms. The fourth-order valence-corrected chi connectivity index (χ4v) is 3.23. The van der Waals surface area contributed by atoms with Crippen molar-refractivity contribution in [2.24, 2.45) is 0 Å². The predicted octanol–water partition coefficient (Wildman–Crippen LogP) is 4.29. The van der Waals surface area contributed by atoms with Gasteiger partial charge in [0, 0.05) is 17.3 Å². The van der Waals surface area contributed by atoms with Crippen molar-refractivity contribution in [3.8, 4) is 17.1 Å². The van der Waals surface area contributed by atoms with Crippen molar-refractivity contribution in [2.75, 3.05) is 11.9 Å². The summed E-state index contributed by atoms with van der Waals surface area (Å²) in [6.45, 7) is -0.643. The van der Waals surface area contributed by atoms with Gasteiger partial charge in [-0.1, -0.05) is 60.1 Å². The van der Waals surface area contributed by atoms with Crippen LogP contribution in [0.5, 0.6) is 0 Å². The van der Waals surface area contributed by atoms with Gasteiger partial charge in [0.05, 0.1) is 10.6 Å². The monoisotopic (exact) mass is 477 g/mol. The molecule has 0 fully saturated rings. The van der Waals surface area contributed by atoms with E-state index in [1.165, 1.54) is 16.8 Å². The van der Waals surface area contributed by atoms with Crippen molar-refractivity contribution >= 4 is 34.9 Å². The van der Waals surface area contributed by atoms with Crippen molar-refractivity contribution in [3.63, 3.8) is 0 Å². The summed E-state index contributed by atoms with van der Waals surface area (Å²) in [7, 11) is 0. The molecule has 4 aromatic rings. The molecular weight excluding hydrogens is 462 g/mol. The van der Waals surface area contributed by atoms with Gasteiger partial charge < -0.3 is 10.1 Å². The predicted molar refractivity (Wildman–Crippen MR) is 124 cm³/mol. The molecule has 1 aromatic heterocycles. The quantitative estimate of drug-likeness (QED) is 0.239. The Morgan fingerprint density at radius 3 is 2.38 bits per heavy atom. The Labute approximate surface area is 197 Å².